The molecule has 1 aromatic heterocycles. The number of benzene rings is 2. The lowest BCUT2D eigenvalue weighted by Gasteiger charge is -2.24. The monoisotopic (exact) mass is 393 g/mol. The van der Waals surface area contributed by atoms with E-state index in [1.165, 1.54) is 5.56 Å². The molecule has 0 aliphatic rings. The van der Waals surface area contributed by atoms with Crippen LogP contribution in [0.5, 0.6) is 11.5 Å². The molecule has 0 spiro atoms. The molecule has 5 nitrogen and oxygen atoms in total. The minimum atomic E-state index is 0.0334. The Hall–Kier alpha value is -3.21. The van der Waals surface area contributed by atoms with Crippen LogP contribution in [0.2, 0.25) is 0 Å². The molecule has 3 rings (SSSR count). The molecule has 2 aromatic carbocycles. The summed E-state index contributed by atoms with van der Waals surface area (Å²) in [6.07, 6.45) is 2.46. The van der Waals surface area contributed by atoms with E-state index in [-0.39, 0.29) is 11.8 Å². The van der Waals surface area contributed by atoms with Crippen LogP contribution in [0.25, 0.3) is 0 Å². The lowest BCUT2D eigenvalue weighted by Crippen LogP contribution is -2.30. The van der Waals surface area contributed by atoms with E-state index in [1.807, 2.05) is 53.4 Å². The Morgan fingerprint density at radius 3 is 2.38 bits per heavy atom. The van der Waals surface area contributed by atoms with E-state index in [1.54, 1.807) is 27.4 Å². The maximum absolute atomic E-state index is 12.3. The number of carbonyl (C=O) groups is 1. The molecule has 0 unspecified atom stereocenters. The van der Waals surface area contributed by atoms with Crippen molar-refractivity contribution in [3.8, 4) is 11.5 Å². The number of nitrogens with zero attached hydrogens (tertiary/aromatic N) is 1. The van der Waals surface area contributed by atoms with Gasteiger partial charge >= 0.3 is 0 Å². The predicted octanol–water partition coefficient (Wildman–Crippen LogP) is 4.87. The van der Waals surface area contributed by atoms with Gasteiger partial charge in [-0.15, -0.1) is 0 Å². The van der Waals surface area contributed by atoms with E-state index in [2.05, 4.69) is 12.1 Å². The van der Waals surface area contributed by atoms with Crippen molar-refractivity contribution in [3.63, 3.8) is 0 Å². The average molecular weight is 393 g/mol. The Labute approximate surface area is 171 Å². The number of ether oxygens (including phenoxy) is 2. The zero-order valence-electron chi connectivity index (χ0n) is 17.1. The first-order valence-corrected chi connectivity index (χ1v) is 9.67. The number of methoxy groups -OCH3 is 2. The molecule has 0 fully saturated rings. The summed E-state index contributed by atoms with van der Waals surface area (Å²) in [4.78, 5) is 14.2. The first kappa shape index (κ1) is 20.5. The first-order valence-electron chi connectivity index (χ1n) is 9.67. The summed E-state index contributed by atoms with van der Waals surface area (Å²) in [5.74, 6) is 2.37. The molecule has 3 aromatic rings. The van der Waals surface area contributed by atoms with Crippen LogP contribution in [-0.4, -0.2) is 31.6 Å². The molecule has 0 radical (unpaired) electrons. The third-order valence-corrected chi connectivity index (χ3v) is 5.04. The first-order chi connectivity index (χ1) is 14.1. The van der Waals surface area contributed by atoms with Crippen molar-refractivity contribution >= 4 is 5.91 Å². The second kappa shape index (κ2) is 9.82. The molecule has 0 saturated heterocycles. The van der Waals surface area contributed by atoms with E-state index < -0.39 is 0 Å². The summed E-state index contributed by atoms with van der Waals surface area (Å²) in [5, 5.41) is 0. The Morgan fingerprint density at radius 2 is 1.76 bits per heavy atom. The highest BCUT2D eigenvalue weighted by atomic mass is 16.5. The summed E-state index contributed by atoms with van der Waals surface area (Å²) in [6, 6.07) is 19.9. The number of carbonyl (C=O) groups excluding carboxylic acids is 1. The van der Waals surface area contributed by atoms with Crippen LogP contribution in [-0.2, 0) is 11.3 Å². The molecule has 0 aliphatic heterocycles. The van der Waals surface area contributed by atoms with E-state index in [4.69, 9.17) is 13.9 Å². The molecular formula is C24H27NO4. The Kier molecular flexibility index (Phi) is 6.95. The highest BCUT2D eigenvalue weighted by Gasteiger charge is 2.20. The van der Waals surface area contributed by atoms with Crippen LogP contribution >= 0.6 is 0 Å². The number of rotatable bonds is 9. The van der Waals surface area contributed by atoms with Gasteiger partial charge in [-0.25, -0.2) is 0 Å². The predicted molar refractivity (Wildman–Crippen MR) is 112 cm³/mol. The molecular weight excluding hydrogens is 366 g/mol. The van der Waals surface area contributed by atoms with Gasteiger partial charge in [-0.3, -0.25) is 4.79 Å². The maximum atomic E-state index is 12.3. The fraction of sp³-hybridized carbons (Fsp3) is 0.292. The molecule has 1 amide bonds. The van der Waals surface area contributed by atoms with Crippen molar-refractivity contribution in [1.29, 1.82) is 0 Å². The van der Waals surface area contributed by atoms with Crippen LogP contribution in [0, 0.1) is 0 Å². The van der Waals surface area contributed by atoms with E-state index in [9.17, 15) is 4.79 Å². The molecule has 0 N–H and O–H groups in total. The van der Waals surface area contributed by atoms with Gasteiger partial charge in [0, 0.05) is 25.9 Å². The summed E-state index contributed by atoms with van der Waals surface area (Å²) in [6.45, 7) is 2.73. The van der Waals surface area contributed by atoms with E-state index >= 15 is 0 Å². The number of hydrogen-bond donors (Lipinski definition) is 0. The molecule has 152 valence electrons. The molecule has 1 atom stereocenters. The highest BCUT2D eigenvalue weighted by Crippen LogP contribution is 2.30. The Morgan fingerprint density at radius 1 is 1.00 bits per heavy atom. The summed E-state index contributed by atoms with van der Waals surface area (Å²) in [5.41, 5.74) is 2.17. The molecule has 0 saturated carbocycles. The topological polar surface area (TPSA) is 51.9 Å². The lowest BCUT2D eigenvalue weighted by molar-refractivity contribution is -0.129. The van der Waals surface area contributed by atoms with Crippen LogP contribution in [0.1, 0.15) is 36.1 Å². The zero-order valence-corrected chi connectivity index (χ0v) is 17.1. The van der Waals surface area contributed by atoms with Gasteiger partial charge in [0.1, 0.15) is 5.76 Å². The normalized spacial score (nSPS) is 11.7. The highest BCUT2D eigenvalue weighted by molar-refractivity contribution is 5.73. The second-order valence-corrected chi connectivity index (χ2v) is 6.90. The van der Waals surface area contributed by atoms with Crippen molar-refractivity contribution in [3.05, 3.63) is 83.8 Å². The van der Waals surface area contributed by atoms with Gasteiger partial charge in [0.15, 0.2) is 11.5 Å². The second-order valence-electron chi connectivity index (χ2n) is 6.90. The van der Waals surface area contributed by atoms with Gasteiger partial charge in [-0.05, 0) is 41.8 Å². The van der Waals surface area contributed by atoms with Crippen LogP contribution in [0.15, 0.2) is 71.3 Å². The van der Waals surface area contributed by atoms with Crippen LogP contribution < -0.4 is 9.47 Å². The number of furan rings is 1. The average Bonchev–Trinajstić information content (AvgIpc) is 3.28. The van der Waals surface area contributed by atoms with Crippen molar-refractivity contribution in [1.82, 2.24) is 4.90 Å². The largest absolute Gasteiger partial charge is 0.493 e. The van der Waals surface area contributed by atoms with Crippen molar-refractivity contribution in [2.75, 3.05) is 20.8 Å². The summed E-state index contributed by atoms with van der Waals surface area (Å²) < 4.78 is 16.4. The van der Waals surface area contributed by atoms with Crippen molar-refractivity contribution in [2.45, 2.75) is 25.8 Å². The molecule has 5 heteroatoms. The van der Waals surface area contributed by atoms with Gasteiger partial charge in [-0.2, -0.15) is 0 Å². The molecule has 0 bridgehead atoms. The summed E-state index contributed by atoms with van der Waals surface area (Å²) >= 11 is 0. The molecule has 0 aliphatic carbocycles. The number of amides is 1. The van der Waals surface area contributed by atoms with Gasteiger partial charge < -0.3 is 18.8 Å². The van der Waals surface area contributed by atoms with Gasteiger partial charge in [0.25, 0.3) is 0 Å². The maximum Gasteiger partial charge on any atom is 0.219 e. The zero-order chi connectivity index (χ0) is 20.6. The Bertz CT molecular complexity index is 906. The van der Waals surface area contributed by atoms with Gasteiger partial charge in [-0.1, -0.05) is 36.4 Å². The summed E-state index contributed by atoms with van der Waals surface area (Å²) in [7, 11) is 3.22. The quantitative estimate of drug-likeness (QED) is 0.521. The van der Waals surface area contributed by atoms with Crippen molar-refractivity contribution < 1.29 is 18.7 Å². The SMILES string of the molecule is COc1ccc(CN(CC[C@@H](c2ccccc2)c2ccco2)C(C)=O)cc1OC. The smallest absolute Gasteiger partial charge is 0.219 e. The van der Waals surface area contributed by atoms with E-state index in [0.717, 1.165) is 17.7 Å². The van der Waals surface area contributed by atoms with E-state index in [0.29, 0.717) is 24.6 Å². The number of hydrogen-bond acceptors (Lipinski definition) is 4. The molecule has 1 heterocycles. The fourth-order valence-electron chi connectivity index (χ4n) is 3.48. The van der Waals surface area contributed by atoms with Crippen LogP contribution in [0.3, 0.4) is 0 Å². The minimum absolute atomic E-state index is 0.0334. The van der Waals surface area contributed by atoms with Gasteiger partial charge in [0.2, 0.25) is 5.91 Å². The lowest BCUT2D eigenvalue weighted by atomic mass is 9.93. The van der Waals surface area contributed by atoms with Crippen molar-refractivity contribution in [2.24, 2.45) is 0 Å². The standard InChI is InChI=1S/C24H27NO4/c1-18(26)25(17-19-11-12-23(27-2)24(16-19)28-3)14-13-21(22-10-7-15-29-22)20-8-5-4-6-9-20/h4-12,15-16,21H,13-14,17H2,1-3H3/t21-/m0/s1. The minimum Gasteiger partial charge on any atom is -0.493 e. The Balaban J connectivity index is 1.75. The fourth-order valence-corrected chi connectivity index (χ4v) is 3.48. The van der Waals surface area contributed by atoms with Gasteiger partial charge in [0.05, 0.1) is 20.5 Å². The molecule has 29 heavy (non-hydrogen) atoms. The van der Waals surface area contributed by atoms with Crippen LogP contribution in [0.4, 0.5) is 0 Å². The third kappa shape index (κ3) is 5.19. The third-order valence-electron chi connectivity index (χ3n) is 5.04.